The largest absolute Gasteiger partial charge is 0.387 e. The van der Waals surface area contributed by atoms with Gasteiger partial charge in [-0.15, -0.1) is 24.8 Å². The van der Waals surface area contributed by atoms with Gasteiger partial charge in [-0.1, -0.05) is 83.3 Å². The van der Waals surface area contributed by atoms with Gasteiger partial charge in [0.05, 0.1) is 12.1 Å². The van der Waals surface area contributed by atoms with Crippen LogP contribution in [0.2, 0.25) is 0 Å². The number of unbranched alkanes of at least 4 members (excludes halogenated alkanes) is 11. The summed E-state index contributed by atoms with van der Waals surface area (Å²) in [6, 6.07) is -0.784. The molecule has 0 heterocycles. The second-order valence-electron chi connectivity index (χ2n) is 6.22. The predicted molar refractivity (Wildman–Crippen MR) is 111 cm³/mol. The Labute approximate surface area is 161 Å². The lowest BCUT2D eigenvalue weighted by molar-refractivity contribution is 0.213. The molecule has 0 aliphatic heterocycles. The van der Waals surface area contributed by atoms with E-state index >= 15 is 0 Å². The molecule has 24 heavy (non-hydrogen) atoms. The van der Waals surface area contributed by atoms with Gasteiger partial charge in [-0.3, -0.25) is 5.41 Å². The summed E-state index contributed by atoms with van der Waals surface area (Å²) in [6.45, 7) is 2.26. The molecule has 0 bridgehead atoms. The number of aliphatic hydroxyl groups excluding tert-OH is 1. The van der Waals surface area contributed by atoms with E-state index in [-0.39, 0.29) is 30.6 Å². The van der Waals surface area contributed by atoms with E-state index in [9.17, 15) is 5.11 Å². The van der Waals surface area contributed by atoms with Crippen molar-refractivity contribution in [1.82, 2.24) is 0 Å². The van der Waals surface area contributed by atoms with Crippen molar-refractivity contribution in [3.05, 3.63) is 12.2 Å². The highest BCUT2D eigenvalue weighted by atomic mass is 35.5. The van der Waals surface area contributed by atoms with E-state index in [1.54, 1.807) is 6.08 Å². The average Bonchev–Trinajstić information content (AvgIpc) is 2.50. The van der Waals surface area contributed by atoms with Gasteiger partial charge in [0.1, 0.15) is 5.84 Å². The molecule has 0 aliphatic rings. The quantitative estimate of drug-likeness (QED) is 0.142. The number of allylic oxidation sites excluding steroid dienone is 1. The van der Waals surface area contributed by atoms with Crippen LogP contribution in [0.5, 0.6) is 0 Å². The summed E-state index contributed by atoms with van der Waals surface area (Å²) in [4.78, 5) is 0. The SMILES string of the molecule is CCCCCCCCCCCCC/C=C/[C@@H](O)[C@@H](N)C(=N)N.Cl.Cl. The summed E-state index contributed by atoms with van der Waals surface area (Å²) in [7, 11) is 0. The molecule has 6 heteroatoms. The summed E-state index contributed by atoms with van der Waals surface area (Å²) in [5.74, 6) is -0.174. The molecule has 4 nitrogen and oxygen atoms in total. The molecule has 0 amide bonds. The molecule has 0 unspecified atom stereocenters. The van der Waals surface area contributed by atoms with Crippen LogP contribution in [0.15, 0.2) is 12.2 Å². The Hall–Kier alpha value is -0.290. The zero-order chi connectivity index (χ0) is 16.6. The Morgan fingerprint density at radius 3 is 1.75 bits per heavy atom. The Morgan fingerprint density at radius 2 is 1.33 bits per heavy atom. The monoisotopic (exact) mass is 383 g/mol. The van der Waals surface area contributed by atoms with Crippen LogP contribution in [0.25, 0.3) is 0 Å². The number of aliphatic hydroxyl groups is 1. The predicted octanol–water partition coefficient (Wildman–Crippen LogP) is 4.71. The number of nitrogens with two attached hydrogens (primary N) is 2. The molecule has 6 N–H and O–H groups in total. The normalized spacial score (nSPS) is 13.1. The minimum atomic E-state index is -0.842. The second-order valence-corrected chi connectivity index (χ2v) is 6.22. The van der Waals surface area contributed by atoms with E-state index in [4.69, 9.17) is 16.9 Å². The molecule has 0 aromatic heterocycles. The summed E-state index contributed by atoms with van der Waals surface area (Å²) >= 11 is 0. The lowest BCUT2D eigenvalue weighted by Crippen LogP contribution is -2.44. The molecule has 2 atom stereocenters. The van der Waals surface area contributed by atoms with Crippen LogP contribution in [0.4, 0.5) is 0 Å². The van der Waals surface area contributed by atoms with Crippen molar-refractivity contribution in [3.63, 3.8) is 0 Å². The van der Waals surface area contributed by atoms with Gasteiger partial charge in [0.25, 0.3) is 0 Å². The Bertz CT molecular complexity index is 302. The lowest BCUT2D eigenvalue weighted by Gasteiger charge is -2.13. The summed E-state index contributed by atoms with van der Waals surface area (Å²) in [6.07, 6.45) is 18.4. The van der Waals surface area contributed by atoms with E-state index in [1.807, 2.05) is 6.08 Å². The Kier molecular flexibility index (Phi) is 24.7. The van der Waals surface area contributed by atoms with Crippen LogP contribution >= 0.6 is 24.8 Å². The smallest absolute Gasteiger partial charge is 0.111 e. The highest BCUT2D eigenvalue weighted by Crippen LogP contribution is 2.12. The van der Waals surface area contributed by atoms with E-state index in [0.717, 1.165) is 12.8 Å². The third-order valence-electron chi connectivity index (χ3n) is 4.03. The molecular formula is C18H39Cl2N3O. The molecule has 0 saturated heterocycles. The van der Waals surface area contributed by atoms with Gasteiger partial charge < -0.3 is 16.6 Å². The third kappa shape index (κ3) is 18.1. The first-order chi connectivity index (χ1) is 10.6. The van der Waals surface area contributed by atoms with E-state index in [1.165, 1.54) is 64.2 Å². The van der Waals surface area contributed by atoms with Crippen molar-refractivity contribution in [1.29, 1.82) is 5.41 Å². The molecule has 0 fully saturated rings. The molecule has 0 saturated carbocycles. The van der Waals surface area contributed by atoms with E-state index in [2.05, 4.69) is 6.92 Å². The van der Waals surface area contributed by atoms with Crippen molar-refractivity contribution in [3.8, 4) is 0 Å². The summed E-state index contributed by atoms with van der Waals surface area (Å²) in [5.41, 5.74) is 10.8. The fourth-order valence-electron chi connectivity index (χ4n) is 2.47. The maximum absolute atomic E-state index is 9.63. The minimum Gasteiger partial charge on any atom is -0.387 e. The van der Waals surface area contributed by atoms with Crippen molar-refractivity contribution < 1.29 is 5.11 Å². The molecule has 0 rings (SSSR count). The van der Waals surface area contributed by atoms with Crippen LogP contribution in [0, 0.1) is 5.41 Å². The summed E-state index contributed by atoms with van der Waals surface area (Å²) < 4.78 is 0. The zero-order valence-corrected chi connectivity index (χ0v) is 16.8. The van der Waals surface area contributed by atoms with E-state index in [0.29, 0.717) is 0 Å². The van der Waals surface area contributed by atoms with Gasteiger partial charge in [-0.2, -0.15) is 0 Å². The number of hydrogen-bond acceptors (Lipinski definition) is 3. The maximum atomic E-state index is 9.63. The van der Waals surface area contributed by atoms with E-state index < -0.39 is 12.1 Å². The number of nitrogens with one attached hydrogen (secondary N) is 1. The first-order valence-electron chi connectivity index (χ1n) is 9.03. The molecule has 0 aliphatic carbocycles. The topological polar surface area (TPSA) is 96.1 Å². The fraction of sp³-hybridized carbons (Fsp3) is 0.833. The molecule has 0 radical (unpaired) electrons. The summed E-state index contributed by atoms with van der Waals surface area (Å²) in [5, 5.41) is 16.8. The number of rotatable bonds is 15. The number of halogens is 2. The minimum absolute atomic E-state index is 0. The Balaban J connectivity index is -0.00000220. The second kappa shape index (κ2) is 20.8. The fourth-order valence-corrected chi connectivity index (χ4v) is 2.47. The average molecular weight is 384 g/mol. The van der Waals surface area contributed by atoms with Crippen molar-refractivity contribution >= 4 is 30.6 Å². The first kappa shape index (κ1) is 28.5. The van der Waals surface area contributed by atoms with Crippen molar-refractivity contribution in [2.75, 3.05) is 0 Å². The molecule has 0 aromatic rings. The third-order valence-corrected chi connectivity index (χ3v) is 4.03. The highest BCUT2D eigenvalue weighted by Gasteiger charge is 2.13. The maximum Gasteiger partial charge on any atom is 0.111 e. The van der Waals surface area contributed by atoms with Gasteiger partial charge in [-0.25, -0.2) is 0 Å². The highest BCUT2D eigenvalue weighted by molar-refractivity contribution is 5.85. The van der Waals surface area contributed by atoms with Crippen LogP contribution in [-0.4, -0.2) is 23.1 Å². The van der Waals surface area contributed by atoms with Crippen LogP contribution in [0.1, 0.15) is 84.0 Å². The standard InChI is InChI=1S/C18H37N3O.2ClH/c1-2-3-4-5-6-7-8-9-10-11-12-13-14-15-16(22)17(19)18(20)21;;/h14-17,22H,2-13,19H2,1H3,(H3,20,21);2*1H/b15-14+;;/t16-,17-;;/m1../s1. The molecular weight excluding hydrogens is 345 g/mol. The van der Waals surface area contributed by atoms with Crippen LogP contribution in [-0.2, 0) is 0 Å². The number of amidine groups is 1. The first-order valence-corrected chi connectivity index (χ1v) is 9.03. The van der Waals surface area contributed by atoms with Crippen LogP contribution in [0.3, 0.4) is 0 Å². The van der Waals surface area contributed by atoms with Gasteiger partial charge in [-0.05, 0) is 12.8 Å². The van der Waals surface area contributed by atoms with Crippen LogP contribution < -0.4 is 11.5 Å². The molecule has 146 valence electrons. The van der Waals surface area contributed by atoms with Crippen molar-refractivity contribution in [2.24, 2.45) is 11.5 Å². The van der Waals surface area contributed by atoms with Gasteiger partial charge in [0.15, 0.2) is 0 Å². The van der Waals surface area contributed by atoms with Gasteiger partial charge >= 0.3 is 0 Å². The Morgan fingerprint density at radius 1 is 0.917 bits per heavy atom. The lowest BCUT2D eigenvalue weighted by atomic mass is 10.0. The zero-order valence-electron chi connectivity index (χ0n) is 15.2. The van der Waals surface area contributed by atoms with Gasteiger partial charge in [0.2, 0.25) is 0 Å². The molecule has 0 aromatic carbocycles. The molecule has 0 spiro atoms. The van der Waals surface area contributed by atoms with Crippen molar-refractivity contribution in [2.45, 2.75) is 96.1 Å². The van der Waals surface area contributed by atoms with Gasteiger partial charge in [0, 0.05) is 0 Å². The number of hydrogen-bond donors (Lipinski definition) is 4.